The molecule has 2 aromatic heterocycles. The third kappa shape index (κ3) is 3.60. The summed E-state index contributed by atoms with van der Waals surface area (Å²) in [5.74, 6) is 0.140. The van der Waals surface area contributed by atoms with Crippen molar-refractivity contribution in [1.82, 2.24) is 14.8 Å². The Balaban J connectivity index is 2.15. The van der Waals surface area contributed by atoms with Gasteiger partial charge in [-0.25, -0.2) is 14.5 Å². The quantitative estimate of drug-likeness (QED) is 0.850. The molecule has 0 fully saturated rings. The molecule has 0 saturated heterocycles. The summed E-state index contributed by atoms with van der Waals surface area (Å²) in [5, 5.41) is 13.4. The van der Waals surface area contributed by atoms with Crippen molar-refractivity contribution in [1.29, 1.82) is 0 Å². The molecule has 7 heteroatoms. The number of aromatic nitrogens is 3. The second-order valence-electron chi connectivity index (χ2n) is 4.96. The maximum Gasteiger partial charge on any atom is 0.349 e. The molecule has 1 N–H and O–H groups in total. The van der Waals surface area contributed by atoms with Gasteiger partial charge in [0.2, 0.25) is 0 Å². The van der Waals surface area contributed by atoms with Gasteiger partial charge in [-0.3, -0.25) is 0 Å². The van der Waals surface area contributed by atoms with E-state index in [-0.39, 0.29) is 17.5 Å². The van der Waals surface area contributed by atoms with E-state index in [0.29, 0.717) is 11.6 Å². The first-order valence-corrected chi connectivity index (χ1v) is 7.71. The number of nitrogens with zero attached hydrogens (tertiary/aromatic N) is 3. The van der Waals surface area contributed by atoms with Gasteiger partial charge in [0.05, 0.1) is 0 Å². The van der Waals surface area contributed by atoms with Crippen LogP contribution in [0.25, 0.3) is 0 Å². The number of aryl methyl sites for hydroxylation is 1. The normalized spacial score (nSPS) is 11.0. The molecule has 21 heavy (non-hydrogen) atoms. The van der Waals surface area contributed by atoms with Gasteiger partial charge in [-0.1, -0.05) is 13.3 Å². The van der Waals surface area contributed by atoms with Gasteiger partial charge >= 0.3 is 5.97 Å². The SMILES string of the molecule is CCCc1cc(OCc2ncnn2C(C)C)c(C(=O)O)s1. The largest absolute Gasteiger partial charge is 0.484 e. The summed E-state index contributed by atoms with van der Waals surface area (Å²) in [7, 11) is 0. The first kappa shape index (κ1) is 15.5. The summed E-state index contributed by atoms with van der Waals surface area (Å²) >= 11 is 1.27. The van der Waals surface area contributed by atoms with Crippen molar-refractivity contribution in [2.75, 3.05) is 0 Å². The molecule has 0 atom stereocenters. The van der Waals surface area contributed by atoms with Crippen molar-refractivity contribution < 1.29 is 14.6 Å². The van der Waals surface area contributed by atoms with Crippen LogP contribution in [-0.2, 0) is 13.0 Å². The molecule has 2 rings (SSSR count). The van der Waals surface area contributed by atoms with Crippen LogP contribution in [0, 0.1) is 0 Å². The van der Waals surface area contributed by atoms with Crippen LogP contribution in [0.15, 0.2) is 12.4 Å². The Morgan fingerprint density at radius 2 is 2.29 bits per heavy atom. The molecule has 2 heterocycles. The lowest BCUT2D eigenvalue weighted by Crippen LogP contribution is -2.11. The highest BCUT2D eigenvalue weighted by Crippen LogP contribution is 2.31. The molecular formula is C14H19N3O3S. The van der Waals surface area contributed by atoms with Crippen LogP contribution in [0.1, 0.15) is 53.6 Å². The highest BCUT2D eigenvalue weighted by molar-refractivity contribution is 7.14. The van der Waals surface area contributed by atoms with Crippen molar-refractivity contribution in [3.05, 3.63) is 28.0 Å². The van der Waals surface area contributed by atoms with Crippen molar-refractivity contribution in [3.63, 3.8) is 0 Å². The van der Waals surface area contributed by atoms with E-state index < -0.39 is 5.97 Å². The molecule has 2 aromatic rings. The maximum atomic E-state index is 11.3. The Morgan fingerprint density at radius 1 is 1.52 bits per heavy atom. The Labute approximate surface area is 127 Å². The molecule has 0 unspecified atom stereocenters. The van der Waals surface area contributed by atoms with Crippen molar-refractivity contribution >= 4 is 17.3 Å². The van der Waals surface area contributed by atoms with Crippen LogP contribution >= 0.6 is 11.3 Å². The monoisotopic (exact) mass is 309 g/mol. The summed E-state index contributed by atoms with van der Waals surface area (Å²) in [6.45, 7) is 6.28. The summed E-state index contributed by atoms with van der Waals surface area (Å²) in [6.07, 6.45) is 3.31. The van der Waals surface area contributed by atoms with Crippen LogP contribution in [0.4, 0.5) is 0 Å². The minimum Gasteiger partial charge on any atom is -0.484 e. The number of thiophene rings is 1. The van der Waals surface area contributed by atoms with Crippen LogP contribution in [0.2, 0.25) is 0 Å². The molecule has 114 valence electrons. The van der Waals surface area contributed by atoms with Gasteiger partial charge in [0.1, 0.15) is 18.7 Å². The van der Waals surface area contributed by atoms with E-state index in [1.807, 2.05) is 19.9 Å². The number of hydrogen-bond acceptors (Lipinski definition) is 5. The maximum absolute atomic E-state index is 11.3. The Morgan fingerprint density at radius 3 is 2.90 bits per heavy atom. The first-order chi connectivity index (χ1) is 10.0. The highest BCUT2D eigenvalue weighted by Gasteiger charge is 2.17. The van der Waals surface area contributed by atoms with E-state index in [4.69, 9.17) is 4.74 Å². The number of ether oxygens (including phenoxy) is 1. The summed E-state index contributed by atoms with van der Waals surface area (Å²) < 4.78 is 7.43. The summed E-state index contributed by atoms with van der Waals surface area (Å²) in [6, 6.07) is 2.00. The predicted molar refractivity (Wildman–Crippen MR) is 80.0 cm³/mol. The van der Waals surface area contributed by atoms with E-state index in [0.717, 1.165) is 17.7 Å². The van der Waals surface area contributed by atoms with E-state index in [1.54, 1.807) is 4.68 Å². The van der Waals surface area contributed by atoms with Gasteiger partial charge in [0.15, 0.2) is 10.7 Å². The molecule has 0 spiro atoms. The van der Waals surface area contributed by atoms with Crippen molar-refractivity contribution in [2.24, 2.45) is 0 Å². The Bertz CT molecular complexity index is 619. The molecule has 0 aliphatic heterocycles. The molecular weight excluding hydrogens is 290 g/mol. The highest BCUT2D eigenvalue weighted by atomic mass is 32.1. The zero-order valence-electron chi connectivity index (χ0n) is 12.4. The Hall–Kier alpha value is -1.89. The number of aromatic carboxylic acids is 1. The minimum atomic E-state index is -0.956. The van der Waals surface area contributed by atoms with Gasteiger partial charge in [0.25, 0.3) is 0 Å². The smallest absolute Gasteiger partial charge is 0.349 e. The minimum absolute atomic E-state index is 0.183. The molecule has 6 nitrogen and oxygen atoms in total. The third-order valence-corrected chi connectivity index (χ3v) is 4.10. The molecule has 0 radical (unpaired) electrons. The van der Waals surface area contributed by atoms with Gasteiger partial charge in [-0.2, -0.15) is 5.10 Å². The fourth-order valence-corrected chi connectivity index (χ4v) is 3.04. The molecule has 0 aromatic carbocycles. The third-order valence-electron chi connectivity index (χ3n) is 2.93. The lowest BCUT2D eigenvalue weighted by atomic mass is 10.3. The van der Waals surface area contributed by atoms with E-state index in [1.165, 1.54) is 17.7 Å². The standard InChI is InChI=1S/C14H19N3O3S/c1-4-5-10-6-11(13(21-10)14(18)19)20-7-12-15-8-16-17(12)9(2)3/h6,8-9H,4-5,7H2,1-3H3,(H,18,19). The number of carboxylic acid groups (broad SMARTS) is 1. The number of hydrogen-bond donors (Lipinski definition) is 1. The summed E-state index contributed by atoms with van der Waals surface area (Å²) in [5.41, 5.74) is 0. The van der Waals surface area contributed by atoms with Crippen molar-refractivity contribution in [3.8, 4) is 5.75 Å². The molecule has 0 amide bonds. The molecule has 0 saturated carbocycles. The van der Waals surface area contributed by atoms with Crippen LogP contribution in [0.5, 0.6) is 5.75 Å². The topological polar surface area (TPSA) is 77.2 Å². The fraction of sp³-hybridized carbons (Fsp3) is 0.500. The van der Waals surface area contributed by atoms with Gasteiger partial charge in [-0.15, -0.1) is 11.3 Å². The van der Waals surface area contributed by atoms with Gasteiger partial charge < -0.3 is 9.84 Å². The van der Waals surface area contributed by atoms with Crippen molar-refractivity contribution in [2.45, 2.75) is 46.3 Å². The zero-order valence-corrected chi connectivity index (χ0v) is 13.2. The number of rotatable bonds is 7. The molecule has 0 aliphatic carbocycles. The second-order valence-corrected chi connectivity index (χ2v) is 6.10. The van der Waals surface area contributed by atoms with Gasteiger partial charge in [-0.05, 0) is 26.3 Å². The van der Waals surface area contributed by atoms with E-state index in [2.05, 4.69) is 17.0 Å². The van der Waals surface area contributed by atoms with Gasteiger partial charge in [0, 0.05) is 10.9 Å². The second kappa shape index (κ2) is 6.71. The van der Waals surface area contributed by atoms with E-state index >= 15 is 0 Å². The number of carboxylic acids is 1. The molecule has 0 bridgehead atoms. The predicted octanol–water partition coefficient (Wildman–Crippen LogP) is 3.15. The van der Waals surface area contributed by atoms with E-state index in [9.17, 15) is 9.90 Å². The van der Waals surface area contributed by atoms with Crippen LogP contribution in [0.3, 0.4) is 0 Å². The first-order valence-electron chi connectivity index (χ1n) is 6.90. The number of carbonyl (C=O) groups is 1. The lowest BCUT2D eigenvalue weighted by Gasteiger charge is -2.10. The molecule has 0 aliphatic rings. The fourth-order valence-electron chi connectivity index (χ4n) is 2.00. The lowest BCUT2D eigenvalue weighted by molar-refractivity contribution is 0.0697. The zero-order chi connectivity index (χ0) is 15.4. The average Bonchev–Trinajstić information content (AvgIpc) is 3.02. The van der Waals surface area contributed by atoms with Crippen LogP contribution < -0.4 is 4.74 Å². The summed E-state index contributed by atoms with van der Waals surface area (Å²) in [4.78, 5) is 16.7. The Kier molecular flexibility index (Phi) is 4.95. The average molecular weight is 309 g/mol. The van der Waals surface area contributed by atoms with Crippen LogP contribution in [-0.4, -0.2) is 25.8 Å².